The molecule has 0 radical (unpaired) electrons. The van der Waals surface area contributed by atoms with Gasteiger partial charge in [0.1, 0.15) is 17.2 Å². The number of carbonyl (C=O) groups is 1. The zero-order valence-corrected chi connectivity index (χ0v) is 17.2. The summed E-state index contributed by atoms with van der Waals surface area (Å²) in [6.07, 6.45) is 2.65. The van der Waals surface area contributed by atoms with Crippen molar-refractivity contribution in [3.63, 3.8) is 0 Å². The minimum Gasteiger partial charge on any atom is -0.484 e. The van der Waals surface area contributed by atoms with Crippen LogP contribution in [0.25, 0.3) is 0 Å². The van der Waals surface area contributed by atoms with Gasteiger partial charge in [-0.2, -0.15) is 5.10 Å². The van der Waals surface area contributed by atoms with Gasteiger partial charge in [-0.05, 0) is 59.9 Å². The van der Waals surface area contributed by atoms with Crippen molar-refractivity contribution < 1.29 is 14.3 Å². The van der Waals surface area contributed by atoms with Gasteiger partial charge in [-0.1, -0.05) is 56.3 Å². The Morgan fingerprint density at radius 3 is 2.43 bits per heavy atom. The van der Waals surface area contributed by atoms with Crippen molar-refractivity contribution in [3.8, 4) is 17.2 Å². The summed E-state index contributed by atoms with van der Waals surface area (Å²) in [7, 11) is 0. The van der Waals surface area contributed by atoms with Gasteiger partial charge in [0.25, 0.3) is 5.91 Å². The monoisotopic (exact) mass is 402 g/mol. The van der Waals surface area contributed by atoms with E-state index in [1.54, 1.807) is 6.21 Å². The number of hydrazone groups is 1. The summed E-state index contributed by atoms with van der Waals surface area (Å²) in [4.78, 5) is 12.0. The topological polar surface area (TPSA) is 59.9 Å². The molecule has 0 aliphatic carbocycles. The zero-order valence-electron chi connectivity index (χ0n) is 17.2. The van der Waals surface area contributed by atoms with E-state index >= 15 is 0 Å². The molecular formula is C25H26N2O3. The van der Waals surface area contributed by atoms with Crippen LogP contribution in [-0.2, 0) is 4.79 Å². The van der Waals surface area contributed by atoms with Crippen LogP contribution in [0.5, 0.6) is 17.2 Å². The van der Waals surface area contributed by atoms with Crippen LogP contribution in [0.4, 0.5) is 0 Å². The quantitative estimate of drug-likeness (QED) is 0.379. The van der Waals surface area contributed by atoms with Crippen molar-refractivity contribution in [2.24, 2.45) is 5.10 Å². The van der Waals surface area contributed by atoms with Crippen LogP contribution in [0.3, 0.4) is 0 Å². The standard InChI is InChI=1S/C25H26N2O3/c1-3-19(2)21-12-14-22(15-13-21)29-18-25(28)27-26-17-20-8-7-11-24(16-20)30-23-9-5-4-6-10-23/h4-17,19H,3,18H2,1-2H3,(H,27,28)/b26-17+. The normalized spacial score (nSPS) is 11.8. The molecule has 1 atom stereocenters. The van der Waals surface area contributed by atoms with E-state index in [1.165, 1.54) is 5.56 Å². The molecule has 1 unspecified atom stereocenters. The summed E-state index contributed by atoms with van der Waals surface area (Å²) in [5.74, 6) is 2.30. The lowest BCUT2D eigenvalue weighted by molar-refractivity contribution is -0.123. The average molecular weight is 402 g/mol. The number of nitrogens with zero attached hydrogens (tertiary/aromatic N) is 1. The van der Waals surface area contributed by atoms with E-state index in [-0.39, 0.29) is 12.5 Å². The molecule has 3 rings (SSSR count). The second-order valence-electron chi connectivity index (χ2n) is 6.95. The van der Waals surface area contributed by atoms with Gasteiger partial charge in [0.05, 0.1) is 6.21 Å². The smallest absolute Gasteiger partial charge is 0.277 e. The Labute approximate surface area is 177 Å². The Balaban J connectivity index is 1.47. The third kappa shape index (κ3) is 6.48. The van der Waals surface area contributed by atoms with Gasteiger partial charge in [0, 0.05) is 0 Å². The highest BCUT2D eigenvalue weighted by Crippen LogP contribution is 2.22. The van der Waals surface area contributed by atoms with Crippen molar-refractivity contribution in [2.45, 2.75) is 26.2 Å². The van der Waals surface area contributed by atoms with Crippen LogP contribution < -0.4 is 14.9 Å². The van der Waals surface area contributed by atoms with E-state index < -0.39 is 0 Å². The lowest BCUT2D eigenvalue weighted by Gasteiger charge is -2.10. The maximum atomic E-state index is 12.0. The van der Waals surface area contributed by atoms with Crippen molar-refractivity contribution in [1.82, 2.24) is 5.43 Å². The molecule has 0 saturated heterocycles. The predicted octanol–water partition coefficient (Wildman–Crippen LogP) is 5.52. The molecule has 0 aromatic heterocycles. The first kappa shape index (κ1) is 21.1. The summed E-state index contributed by atoms with van der Waals surface area (Å²) in [5, 5.41) is 3.99. The van der Waals surface area contributed by atoms with E-state index in [1.807, 2.05) is 78.9 Å². The van der Waals surface area contributed by atoms with Gasteiger partial charge >= 0.3 is 0 Å². The van der Waals surface area contributed by atoms with Crippen molar-refractivity contribution >= 4 is 12.1 Å². The lowest BCUT2D eigenvalue weighted by Crippen LogP contribution is -2.24. The molecule has 154 valence electrons. The fourth-order valence-electron chi connectivity index (χ4n) is 2.77. The molecule has 1 N–H and O–H groups in total. The zero-order chi connectivity index (χ0) is 21.2. The highest BCUT2D eigenvalue weighted by atomic mass is 16.5. The summed E-state index contributed by atoms with van der Waals surface area (Å²) in [6.45, 7) is 4.24. The van der Waals surface area contributed by atoms with Crippen molar-refractivity contribution in [2.75, 3.05) is 6.61 Å². The number of benzene rings is 3. The maximum absolute atomic E-state index is 12.0. The largest absolute Gasteiger partial charge is 0.484 e. The molecule has 30 heavy (non-hydrogen) atoms. The third-order valence-electron chi connectivity index (χ3n) is 4.67. The fourth-order valence-corrected chi connectivity index (χ4v) is 2.77. The number of hydrogen-bond donors (Lipinski definition) is 1. The number of carbonyl (C=O) groups excluding carboxylic acids is 1. The minimum absolute atomic E-state index is 0.100. The number of nitrogens with one attached hydrogen (secondary N) is 1. The van der Waals surface area contributed by atoms with Crippen LogP contribution >= 0.6 is 0 Å². The molecule has 0 heterocycles. The second-order valence-corrected chi connectivity index (χ2v) is 6.95. The predicted molar refractivity (Wildman–Crippen MR) is 119 cm³/mol. The Bertz CT molecular complexity index is 969. The molecule has 5 nitrogen and oxygen atoms in total. The Morgan fingerprint density at radius 1 is 0.967 bits per heavy atom. The number of para-hydroxylation sites is 1. The van der Waals surface area contributed by atoms with E-state index in [0.29, 0.717) is 17.4 Å². The molecule has 0 spiro atoms. The lowest BCUT2D eigenvalue weighted by atomic mass is 9.99. The SMILES string of the molecule is CCC(C)c1ccc(OCC(=O)N/N=C/c2cccc(Oc3ccccc3)c2)cc1. The highest BCUT2D eigenvalue weighted by Gasteiger charge is 2.05. The first-order valence-electron chi connectivity index (χ1n) is 10.0. The molecule has 0 aliphatic heterocycles. The number of hydrogen-bond acceptors (Lipinski definition) is 4. The molecule has 5 heteroatoms. The van der Waals surface area contributed by atoms with Gasteiger partial charge in [0.2, 0.25) is 0 Å². The van der Waals surface area contributed by atoms with Gasteiger partial charge < -0.3 is 9.47 Å². The Hall–Kier alpha value is -3.60. The van der Waals surface area contributed by atoms with E-state index in [2.05, 4.69) is 24.4 Å². The van der Waals surface area contributed by atoms with Gasteiger partial charge in [-0.3, -0.25) is 4.79 Å². The van der Waals surface area contributed by atoms with Crippen LogP contribution in [0, 0.1) is 0 Å². The molecule has 0 aliphatic rings. The van der Waals surface area contributed by atoms with Gasteiger partial charge in [-0.25, -0.2) is 5.43 Å². The molecule has 0 fully saturated rings. The van der Waals surface area contributed by atoms with E-state index in [4.69, 9.17) is 9.47 Å². The highest BCUT2D eigenvalue weighted by molar-refractivity contribution is 5.83. The number of amides is 1. The van der Waals surface area contributed by atoms with Crippen LogP contribution in [0.1, 0.15) is 37.3 Å². The van der Waals surface area contributed by atoms with Crippen LogP contribution in [0.15, 0.2) is 84.0 Å². The molecule has 0 bridgehead atoms. The Morgan fingerprint density at radius 2 is 1.70 bits per heavy atom. The molecule has 3 aromatic rings. The van der Waals surface area contributed by atoms with Crippen LogP contribution in [0.2, 0.25) is 0 Å². The van der Waals surface area contributed by atoms with Gasteiger partial charge in [0.15, 0.2) is 6.61 Å². The summed E-state index contributed by atoms with van der Waals surface area (Å²) < 4.78 is 11.3. The first-order valence-corrected chi connectivity index (χ1v) is 10.0. The van der Waals surface area contributed by atoms with E-state index in [0.717, 1.165) is 17.7 Å². The molecular weight excluding hydrogens is 376 g/mol. The van der Waals surface area contributed by atoms with Crippen molar-refractivity contribution in [3.05, 3.63) is 90.0 Å². The van der Waals surface area contributed by atoms with Crippen LogP contribution in [-0.4, -0.2) is 18.7 Å². The number of rotatable bonds is 9. The van der Waals surface area contributed by atoms with Crippen molar-refractivity contribution in [1.29, 1.82) is 0 Å². The summed E-state index contributed by atoms with van der Waals surface area (Å²) in [5.41, 5.74) is 4.55. The number of ether oxygens (including phenoxy) is 2. The fraction of sp³-hybridized carbons (Fsp3) is 0.200. The van der Waals surface area contributed by atoms with E-state index in [9.17, 15) is 4.79 Å². The third-order valence-corrected chi connectivity index (χ3v) is 4.67. The average Bonchev–Trinajstić information content (AvgIpc) is 2.78. The molecule has 1 amide bonds. The molecule has 0 saturated carbocycles. The summed E-state index contributed by atoms with van der Waals surface area (Å²) in [6, 6.07) is 24.8. The Kier molecular flexibility index (Phi) is 7.61. The minimum atomic E-state index is -0.325. The second kappa shape index (κ2) is 10.8. The maximum Gasteiger partial charge on any atom is 0.277 e. The molecule has 3 aromatic carbocycles. The first-order chi connectivity index (χ1) is 14.6. The summed E-state index contributed by atoms with van der Waals surface area (Å²) >= 11 is 0. The van der Waals surface area contributed by atoms with Gasteiger partial charge in [-0.15, -0.1) is 0 Å².